The molecule has 1 amide bonds. The third-order valence-corrected chi connectivity index (χ3v) is 15.1. The summed E-state index contributed by atoms with van der Waals surface area (Å²) in [7, 11) is 0. The molecule has 9 N–H and O–H groups in total. The zero-order chi connectivity index (χ0) is 54.6. The Morgan fingerprint density at radius 2 is 0.893 bits per heavy atom. The number of aliphatic hydroxyl groups is 8. The summed E-state index contributed by atoms with van der Waals surface area (Å²) in [5.41, 5.74) is 0. The summed E-state index contributed by atoms with van der Waals surface area (Å²) < 4.78 is 22.8. The topological polar surface area (TPSA) is 228 Å². The van der Waals surface area contributed by atoms with E-state index in [0.717, 1.165) is 64.2 Å². The van der Waals surface area contributed by atoms with Crippen molar-refractivity contribution in [3.05, 3.63) is 36.5 Å². The van der Waals surface area contributed by atoms with E-state index in [1.54, 1.807) is 6.08 Å². The average molecular weight is 1070 g/mol. The highest BCUT2D eigenvalue weighted by molar-refractivity contribution is 5.76. The minimum Gasteiger partial charge on any atom is -0.394 e. The van der Waals surface area contributed by atoms with E-state index in [4.69, 9.17) is 18.9 Å². The second-order valence-electron chi connectivity index (χ2n) is 21.8. The number of hydrogen-bond acceptors (Lipinski definition) is 13. The highest BCUT2D eigenvalue weighted by Gasteiger charge is 2.51. The number of unbranched alkanes of at least 4 members (excludes halogenated alkanes) is 32. The zero-order valence-electron chi connectivity index (χ0n) is 47.3. The molecule has 0 radical (unpaired) electrons. The second kappa shape index (κ2) is 47.1. The molecular weight excluding hydrogens is 955 g/mol. The Morgan fingerprint density at radius 3 is 1.37 bits per heavy atom. The van der Waals surface area contributed by atoms with Crippen LogP contribution in [0.3, 0.4) is 0 Å². The first-order valence-electron chi connectivity index (χ1n) is 30.7. The molecule has 2 aliphatic rings. The zero-order valence-corrected chi connectivity index (χ0v) is 47.3. The fourth-order valence-corrected chi connectivity index (χ4v) is 10.1. The number of allylic oxidation sites excluding steroid dienone is 5. The van der Waals surface area contributed by atoms with Gasteiger partial charge in [0.05, 0.1) is 32.0 Å². The Hall–Kier alpha value is -1.79. The summed E-state index contributed by atoms with van der Waals surface area (Å²) in [6.45, 7) is 2.76. The molecule has 2 aliphatic heterocycles. The first-order valence-corrected chi connectivity index (χ1v) is 30.7. The molecule has 12 unspecified atom stereocenters. The van der Waals surface area contributed by atoms with Crippen LogP contribution in [-0.2, 0) is 23.7 Å². The summed E-state index contributed by atoms with van der Waals surface area (Å²) in [6, 6.07) is -0.922. The van der Waals surface area contributed by atoms with Crippen molar-refractivity contribution in [2.75, 3.05) is 19.8 Å². The van der Waals surface area contributed by atoms with E-state index in [9.17, 15) is 45.6 Å². The minimum atomic E-state index is -1.79. The van der Waals surface area contributed by atoms with Gasteiger partial charge >= 0.3 is 0 Å². The number of hydrogen-bond donors (Lipinski definition) is 9. The van der Waals surface area contributed by atoms with Crippen LogP contribution in [0.2, 0.25) is 0 Å². The third-order valence-electron chi connectivity index (χ3n) is 15.1. The summed E-state index contributed by atoms with van der Waals surface area (Å²) in [5, 5.41) is 87.1. The molecule has 0 aromatic carbocycles. The van der Waals surface area contributed by atoms with Crippen LogP contribution in [0.15, 0.2) is 36.5 Å². The van der Waals surface area contributed by atoms with Crippen LogP contribution in [0.4, 0.5) is 0 Å². The second-order valence-corrected chi connectivity index (χ2v) is 21.8. The summed E-state index contributed by atoms with van der Waals surface area (Å²) in [5.74, 6) is -0.252. The van der Waals surface area contributed by atoms with Crippen molar-refractivity contribution in [3.8, 4) is 0 Å². The van der Waals surface area contributed by atoms with E-state index in [1.165, 1.54) is 161 Å². The maximum absolute atomic E-state index is 13.2. The van der Waals surface area contributed by atoms with E-state index in [-0.39, 0.29) is 18.9 Å². The number of carbonyl (C=O) groups excluding carboxylic acids is 1. The smallest absolute Gasteiger partial charge is 0.220 e. The van der Waals surface area contributed by atoms with Gasteiger partial charge in [-0.15, -0.1) is 0 Å². The SMILES string of the molecule is CCCC/C=C\C/C=C\CCCCCCCC(=O)NC(COC1OC(CO)C(OC2OC(CO)C(O)C(O)C2O)C(O)C1O)C(O)/C=C/CCCCCCCCCCCCCCCCCCCCCCCCCCC. The fourth-order valence-electron chi connectivity index (χ4n) is 10.1. The lowest BCUT2D eigenvalue weighted by molar-refractivity contribution is -0.359. The number of amides is 1. The van der Waals surface area contributed by atoms with Crippen molar-refractivity contribution in [3.63, 3.8) is 0 Å². The Morgan fingerprint density at radius 1 is 0.480 bits per heavy atom. The maximum atomic E-state index is 13.2. The van der Waals surface area contributed by atoms with Crippen molar-refractivity contribution in [1.29, 1.82) is 0 Å². The molecule has 12 atom stereocenters. The molecule has 0 aromatic heterocycles. The normalized spacial score (nSPS) is 25.3. The Bertz CT molecular complexity index is 1400. The van der Waals surface area contributed by atoms with Gasteiger partial charge in [0.2, 0.25) is 5.91 Å². The number of ether oxygens (including phenoxy) is 4. The maximum Gasteiger partial charge on any atom is 0.220 e. The van der Waals surface area contributed by atoms with Crippen LogP contribution in [0.25, 0.3) is 0 Å². The quantitative estimate of drug-likeness (QED) is 0.0204. The molecule has 75 heavy (non-hydrogen) atoms. The molecular formula is C61H113NO13. The van der Waals surface area contributed by atoms with Crippen LogP contribution in [-0.4, -0.2) is 140 Å². The number of carbonyl (C=O) groups is 1. The van der Waals surface area contributed by atoms with Gasteiger partial charge in [-0.1, -0.05) is 237 Å². The number of rotatable bonds is 49. The van der Waals surface area contributed by atoms with E-state index in [1.807, 2.05) is 6.08 Å². The molecule has 0 aromatic rings. The minimum absolute atomic E-state index is 0.252. The van der Waals surface area contributed by atoms with Crippen LogP contribution >= 0.6 is 0 Å². The predicted molar refractivity (Wildman–Crippen MR) is 300 cm³/mol. The molecule has 2 heterocycles. The molecule has 2 rings (SSSR count). The van der Waals surface area contributed by atoms with Crippen LogP contribution in [0.5, 0.6) is 0 Å². The van der Waals surface area contributed by atoms with Gasteiger partial charge in [0.15, 0.2) is 12.6 Å². The van der Waals surface area contributed by atoms with Gasteiger partial charge < -0.3 is 65.1 Å². The first-order chi connectivity index (χ1) is 36.6. The molecule has 2 saturated heterocycles. The standard InChI is InChI=1S/C61H113NO13/c1-3-5-7-9-11-13-15-17-19-20-21-22-23-24-25-26-27-28-29-30-31-32-34-36-38-40-42-44-50(65)49(62-53(66)45-43-41-39-37-35-33-18-16-14-12-10-8-6-4-2)48-72-60-58(71)56(69)59(52(47-64)74-60)75-61-57(70)55(68)54(67)51(46-63)73-61/h10,12,16,18,42,44,49-52,54-61,63-65,67-71H,3-9,11,13-15,17,19-41,43,45-48H2,1-2H3,(H,62,66)/b12-10-,18-16-,44-42+. The van der Waals surface area contributed by atoms with E-state index >= 15 is 0 Å². The Kier molecular flexibility index (Phi) is 43.5. The molecule has 0 spiro atoms. The van der Waals surface area contributed by atoms with Crippen molar-refractivity contribution in [2.24, 2.45) is 0 Å². The molecule has 440 valence electrons. The number of aliphatic hydroxyl groups excluding tert-OH is 8. The van der Waals surface area contributed by atoms with E-state index in [0.29, 0.717) is 6.42 Å². The van der Waals surface area contributed by atoms with E-state index < -0.39 is 86.8 Å². The Labute approximate surface area is 455 Å². The van der Waals surface area contributed by atoms with Gasteiger partial charge in [0.1, 0.15) is 48.8 Å². The lowest BCUT2D eigenvalue weighted by Gasteiger charge is -2.46. The molecule has 0 aliphatic carbocycles. The predicted octanol–water partition coefficient (Wildman–Crippen LogP) is 10.6. The highest BCUT2D eigenvalue weighted by atomic mass is 16.7. The van der Waals surface area contributed by atoms with Crippen molar-refractivity contribution < 1.29 is 64.6 Å². The van der Waals surface area contributed by atoms with Gasteiger partial charge in [0, 0.05) is 6.42 Å². The molecule has 0 bridgehead atoms. The number of nitrogens with one attached hydrogen (secondary N) is 1. The highest BCUT2D eigenvalue weighted by Crippen LogP contribution is 2.30. The monoisotopic (exact) mass is 1070 g/mol. The largest absolute Gasteiger partial charge is 0.394 e. The van der Waals surface area contributed by atoms with Gasteiger partial charge in [0.25, 0.3) is 0 Å². The van der Waals surface area contributed by atoms with Crippen LogP contribution in [0.1, 0.15) is 251 Å². The Balaban J connectivity index is 1.72. The van der Waals surface area contributed by atoms with E-state index in [2.05, 4.69) is 43.5 Å². The molecule has 14 nitrogen and oxygen atoms in total. The molecule has 14 heteroatoms. The summed E-state index contributed by atoms with van der Waals surface area (Å²) >= 11 is 0. The molecule has 0 saturated carbocycles. The summed E-state index contributed by atoms with van der Waals surface area (Å²) in [6.07, 6.45) is 40.5. The van der Waals surface area contributed by atoms with Crippen molar-refractivity contribution in [1.82, 2.24) is 5.32 Å². The summed E-state index contributed by atoms with van der Waals surface area (Å²) in [4.78, 5) is 13.2. The average Bonchev–Trinajstić information content (AvgIpc) is 3.41. The van der Waals surface area contributed by atoms with Gasteiger partial charge in [-0.3, -0.25) is 4.79 Å². The van der Waals surface area contributed by atoms with Crippen molar-refractivity contribution >= 4 is 5.91 Å². The van der Waals surface area contributed by atoms with Gasteiger partial charge in [-0.2, -0.15) is 0 Å². The van der Waals surface area contributed by atoms with Crippen LogP contribution in [0, 0.1) is 0 Å². The lowest BCUT2D eigenvalue weighted by Crippen LogP contribution is -2.65. The van der Waals surface area contributed by atoms with Crippen LogP contribution < -0.4 is 5.32 Å². The van der Waals surface area contributed by atoms with Crippen molar-refractivity contribution in [2.45, 2.75) is 325 Å². The van der Waals surface area contributed by atoms with Gasteiger partial charge in [-0.25, -0.2) is 0 Å². The third kappa shape index (κ3) is 32.8. The first kappa shape index (κ1) is 69.3. The van der Waals surface area contributed by atoms with Gasteiger partial charge in [-0.05, 0) is 44.9 Å². The fraction of sp³-hybridized carbons (Fsp3) is 0.885. The lowest BCUT2D eigenvalue weighted by atomic mass is 9.97. The molecule has 2 fully saturated rings.